The Balaban J connectivity index is 1.65. The molecule has 1 fully saturated rings. The third-order valence-corrected chi connectivity index (χ3v) is 4.89. The van der Waals surface area contributed by atoms with Crippen molar-refractivity contribution in [3.8, 4) is 0 Å². The number of hydrogen-bond donors (Lipinski definition) is 2. The summed E-state index contributed by atoms with van der Waals surface area (Å²) in [6.07, 6.45) is 2.20. The van der Waals surface area contributed by atoms with E-state index in [-0.39, 0.29) is 17.1 Å². The van der Waals surface area contributed by atoms with E-state index >= 15 is 0 Å². The molecule has 3 N–H and O–H groups in total. The summed E-state index contributed by atoms with van der Waals surface area (Å²) in [5.41, 5.74) is 7.80. The first-order valence-corrected chi connectivity index (χ1v) is 9.07. The summed E-state index contributed by atoms with van der Waals surface area (Å²) in [5.74, 6) is 0.655. The molecule has 3 rings (SSSR count). The highest BCUT2D eigenvalue weighted by atomic mass is 32.2. The minimum atomic E-state index is -0.0550. The molecule has 0 spiro atoms. The fourth-order valence-electron chi connectivity index (χ4n) is 2.63. The van der Waals surface area contributed by atoms with E-state index in [0.29, 0.717) is 17.1 Å². The molecule has 0 atom stereocenters. The molecule has 128 valence electrons. The van der Waals surface area contributed by atoms with Gasteiger partial charge in [-0.1, -0.05) is 50.7 Å². The maximum atomic E-state index is 12.3. The highest BCUT2D eigenvalue weighted by molar-refractivity contribution is 7.99. The molecule has 2 aromatic rings. The molecule has 1 aliphatic carbocycles. The Morgan fingerprint density at radius 2 is 2.04 bits per heavy atom. The van der Waals surface area contributed by atoms with Crippen LogP contribution in [0.25, 0.3) is 0 Å². The molecular weight excluding hydrogens is 322 g/mol. The van der Waals surface area contributed by atoms with Crippen LogP contribution in [0.15, 0.2) is 29.4 Å². The molecule has 0 radical (unpaired) electrons. The summed E-state index contributed by atoms with van der Waals surface area (Å²) in [7, 11) is 0. The Morgan fingerprint density at radius 1 is 1.33 bits per heavy atom. The van der Waals surface area contributed by atoms with E-state index in [1.165, 1.54) is 11.8 Å². The summed E-state index contributed by atoms with van der Waals surface area (Å²) in [5, 5.41) is 11.7. The number of rotatable bonds is 5. The monoisotopic (exact) mass is 345 g/mol. The SMILES string of the molecule is CC(C)(C)c1ccccc1NC(=O)CSc1nnc(N)n1C1CC1. The second kappa shape index (κ2) is 6.47. The molecule has 1 saturated carbocycles. The molecule has 1 aromatic heterocycles. The van der Waals surface area contributed by atoms with Gasteiger partial charge in [0.25, 0.3) is 0 Å². The highest BCUT2D eigenvalue weighted by Crippen LogP contribution is 2.39. The number of hydrogen-bond acceptors (Lipinski definition) is 5. The summed E-state index contributed by atoms with van der Waals surface area (Å²) >= 11 is 1.37. The minimum Gasteiger partial charge on any atom is -0.368 e. The predicted octanol–water partition coefficient (Wildman–Crippen LogP) is 3.22. The van der Waals surface area contributed by atoms with Crippen LogP contribution in [0.5, 0.6) is 0 Å². The molecule has 0 aliphatic heterocycles. The predicted molar refractivity (Wildman–Crippen MR) is 97.2 cm³/mol. The lowest BCUT2D eigenvalue weighted by atomic mass is 9.86. The molecule has 1 aromatic carbocycles. The van der Waals surface area contributed by atoms with Gasteiger partial charge in [-0.25, -0.2) is 0 Å². The van der Waals surface area contributed by atoms with Crippen LogP contribution in [-0.4, -0.2) is 26.4 Å². The zero-order chi connectivity index (χ0) is 17.3. The van der Waals surface area contributed by atoms with E-state index in [0.717, 1.165) is 24.1 Å². The number of amides is 1. The van der Waals surface area contributed by atoms with Crippen LogP contribution in [0.4, 0.5) is 11.6 Å². The van der Waals surface area contributed by atoms with Crippen LogP contribution in [0.1, 0.15) is 45.2 Å². The van der Waals surface area contributed by atoms with Gasteiger partial charge in [0.15, 0.2) is 5.16 Å². The Kier molecular flexibility index (Phi) is 4.54. The van der Waals surface area contributed by atoms with Crippen molar-refractivity contribution in [1.29, 1.82) is 0 Å². The van der Waals surface area contributed by atoms with Gasteiger partial charge in [0.05, 0.1) is 5.75 Å². The smallest absolute Gasteiger partial charge is 0.234 e. The van der Waals surface area contributed by atoms with Crippen molar-refractivity contribution in [3.05, 3.63) is 29.8 Å². The van der Waals surface area contributed by atoms with Gasteiger partial charge >= 0.3 is 0 Å². The second-order valence-electron chi connectivity index (χ2n) is 7.07. The molecule has 0 bridgehead atoms. The van der Waals surface area contributed by atoms with Crippen LogP contribution >= 0.6 is 11.8 Å². The third-order valence-electron chi connectivity index (χ3n) is 3.94. The number of benzene rings is 1. The van der Waals surface area contributed by atoms with Gasteiger partial charge in [0.1, 0.15) is 0 Å². The Hall–Kier alpha value is -2.02. The fourth-order valence-corrected chi connectivity index (χ4v) is 3.44. The van der Waals surface area contributed by atoms with Crippen LogP contribution < -0.4 is 11.1 Å². The van der Waals surface area contributed by atoms with Crippen LogP contribution in [0.3, 0.4) is 0 Å². The quantitative estimate of drug-likeness (QED) is 0.813. The van der Waals surface area contributed by atoms with E-state index in [4.69, 9.17) is 5.73 Å². The normalized spacial score (nSPS) is 14.6. The first-order valence-electron chi connectivity index (χ1n) is 8.09. The van der Waals surface area contributed by atoms with Crippen molar-refractivity contribution < 1.29 is 4.79 Å². The average molecular weight is 345 g/mol. The molecule has 7 heteroatoms. The maximum absolute atomic E-state index is 12.3. The number of para-hydroxylation sites is 1. The summed E-state index contributed by atoms with van der Waals surface area (Å²) in [4.78, 5) is 12.3. The van der Waals surface area contributed by atoms with Gasteiger partial charge in [-0.05, 0) is 29.9 Å². The minimum absolute atomic E-state index is 0.0301. The van der Waals surface area contributed by atoms with Gasteiger partial charge in [-0.3, -0.25) is 9.36 Å². The lowest BCUT2D eigenvalue weighted by Gasteiger charge is -2.22. The van der Waals surface area contributed by atoms with Gasteiger partial charge < -0.3 is 11.1 Å². The molecule has 24 heavy (non-hydrogen) atoms. The van der Waals surface area contributed by atoms with Crippen molar-refractivity contribution in [2.45, 2.75) is 50.2 Å². The second-order valence-corrected chi connectivity index (χ2v) is 8.02. The van der Waals surface area contributed by atoms with Crippen molar-refractivity contribution in [1.82, 2.24) is 14.8 Å². The zero-order valence-electron chi connectivity index (χ0n) is 14.2. The van der Waals surface area contributed by atoms with Crippen LogP contribution in [0.2, 0.25) is 0 Å². The molecule has 1 heterocycles. The van der Waals surface area contributed by atoms with E-state index in [1.54, 1.807) is 0 Å². The Morgan fingerprint density at radius 3 is 2.71 bits per heavy atom. The topological polar surface area (TPSA) is 85.8 Å². The van der Waals surface area contributed by atoms with Crippen molar-refractivity contribution in [2.24, 2.45) is 0 Å². The van der Waals surface area contributed by atoms with Crippen molar-refractivity contribution in [2.75, 3.05) is 16.8 Å². The number of nitrogens with two attached hydrogens (primary N) is 1. The van der Waals surface area contributed by atoms with Gasteiger partial charge in [0.2, 0.25) is 11.9 Å². The summed E-state index contributed by atoms with van der Waals surface area (Å²) in [6, 6.07) is 8.31. The molecule has 0 unspecified atom stereocenters. The van der Waals surface area contributed by atoms with Gasteiger partial charge in [-0.2, -0.15) is 0 Å². The number of nitrogens with zero attached hydrogens (tertiary/aromatic N) is 3. The number of nitrogens with one attached hydrogen (secondary N) is 1. The maximum Gasteiger partial charge on any atom is 0.234 e. The largest absolute Gasteiger partial charge is 0.368 e. The third kappa shape index (κ3) is 3.72. The lowest BCUT2D eigenvalue weighted by molar-refractivity contribution is -0.113. The molecule has 1 aliphatic rings. The Bertz CT molecular complexity index is 746. The summed E-state index contributed by atoms with van der Waals surface area (Å²) in [6.45, 7) is 6.40. The highest BCUT2D eigenvalue weighted by Gasteiger charge is 2.29. The van der Waals surface area contributed by atoms with Gasteiger partial charge in [-0.15, -0.1) is 10.2 Å². The number of carbonyl (C=O) groups is 1. The number of carbonyl (C=O) groups excluding carboxylic acids is 1. The molecule has 0 saturated heterocycles. The van der Waals surface area contributed by atoms with Crippen LogP contribution in [0, 0.1) is 0 Å². The molecular formula is C17H23N5OS. The van der Waals surface area contributed by atoms with Crippen LogP contribution in [-0.2, 0) is 10.2 Å². The zero-order valence-corrected chi connectivity index (χ0v) is 15.1. The number of nitrogen functional groups attached to an aromatic ring is 1. The number of anilines is 2. The average Bonchev–Trinajstić information content (AvgIpc) is 3.28. The van der Waals surface area contributed by atoms with Gasteiger partial charge in [0, 0.05) is 11.7 Å². The summed E-state index contributed by atoms with van der Waals surface area (Å²) < 4.78 is 1.93. The molecule has 1 amide bonds. The van der Waals surface area contributed by atoms with E-state index < -0.39 is 0 Å². The number of aromatic nitrogens is 3. The number of thioether (sulfide) groups is 1. The standard InChI is InChI=1S/C17H23N5OS/c1-17(2,3)12-6-4-5-7-13(12)19-14(23)10-24-16-21-20-15(18)22(16)11-8-9-11/h4-7,11H,8-10H2,1-3H3,(H2,18,20)(H,19,23). The first-order chi connectivity index (χ1) is 11.4. The van der Waals surface area contributed by atoms with Crippen molar-refractivity contribution >= 4 is 29.3 Å². The molecule has 6 nitrogen and oxygen atoms in total. The van der Waals surface area contributed by atoms with E-state index in [9.17, 15) is 4.79 Å². The fraction of sp³-hybridized carbons (Fsp3) is 0.471. The van der Waals surface area contributed by atoms with Crippen molar-refractivity contribution in [3.63, 3.8) is 0 Å². The Labute approximate surface area is 146 Å². The van der Waals surface area contributed by atoms with E-state index in [2.05, 4.69) is 36.3 Å². The first kappa shape index (κ1) is 16.8. The van der Waals surface area contributed by atoms with E-state index in [1.807, 2.05) is 28.8 Å². The lowest BCUT2D eigenvalue weighted by Crippen LogP contribution is -2.20.